The van der Waals surface area contributed by atoms with E-state index < -0.39 is 23.7 Å². The molecule has 3 heterocycles. The van der Waals surface area contributed by atoms with Gasteiger partial charge in [-0.25, -0.2) is 4.68 Å². The molecule has 1 N–H and O–H groups in total. The molecule has 30 heavy (non-hydrogen) atoms. The number of nitrogens with zero attached hydrogens (tertiary/aromatic N) is 2. The van der Waals surface area contributed by atoms with Gasteiger partial charge >= 0.3 is 6.18 Å². The molecule has 1 aromatic carbocycles. The van der Waals surface area contributed by atoms with E-state index in [2.05, 4.69) is 10.4 Å². The molecule has 0 spiro atoms. The zero-order valence-electron chi connectivity index (χ0n) is 15.7. The van der Waals surface area contributed by atoms with Crippen LogP contribution in [0.4, 0.5) is 13.2 Å². The fourth-order valence-corrected chi connectivity index (χ4v) is 3.06. The van der Waals surface area contributed by atoms with Crippen molar-refractivity contribution < 1.29 is 26.8 Å². The Labute approximate surface area is 168 Å². The molecular weight excluding hydrogens is 399 g/mol. The van der Waals surface area contributed by atoms with Crippen molar-refractivity contribution in [3.8, 4) is 5.69 Å². The number of amides is 1. The number of furan rings is 2. The molecule has 0 atom stereocenters. The smallest absolute Gasteiger partial charge is 0.416 e. The van der Waals surface area contributed by atoms with Crippen LogP contribution in [0.1, 0.15) is 39.3 Å². The number of aromatic nitrogens is 2. The predicted octanol–water partition coefficient (Wildman–Crippen LogP) is 4.90. The van der Waals surface area contributed by atoms with Crippen LogP contribution >= 0.6 is 0 Å². The number of carbonyl (C=O) groups excluding carboxylic acids is 1. The molecule has 0 radical (unpaired) electrons. The molecule has 6 nitrogen and oxygen atoms in total. The summed E-state index contributed by atoms with van der Waals surface area (Å²) in [6.45, 7) is 1.65. The van der Waals surface area contributed by atoms with E-state index in [1.807, 2.05) is 0 Å². The Kier molecular flexibility index (Phi) is 4.94. The van der Waals surface area contributed by atoms with Crippen LogP contribution < -0.4 is 5.32 Å². The minimum absolute atomic E-state index is 0.0491. The van der Waals surface area contributed by atoms with Crippen LogP contribution in [0.25, 0.3) is 5.69 Å². The normalized spacial score (nSPS) is 11.8. The molecule has 0 unspecified atom stereocenters. The molecule has 0 bridgehead atoms. The lowest BCUT2D eigenvalue weighted by atomic mass is 10.1. The van der Waals surface area contributed by atoms with E-state index in [1.54, 1.807) is 31.2 Å². The third-order valence-electron chi connectivity index (χ3n) is 4.47. The van der Waals surface area contributed by atoms with Gasteiger partial charge in [-0.1, -0.05) is 6.07 Å². The molecular formula is C21H16F3N3O3. The number of aryl methyl sites for hydroxylation is 1. The fraction of sp³-hybridized carbons (Fsp3) is 0.143. The standard InChI is InChI=1S/C21H16F3N3O3/c1-13-11-16(26-27(13)15-6-2-5-14(12-15)21(22,23)24)20(28)25-19(17-7-3-9-29-17)18-8-4-10-30-18/h2-12,19H,1H3,(H,25,28). The first kappa shape index (κ1) is 19.6. The minimum Gasteiger partial charge on any atom is -0.467 e. The molecule has 9 heteroatoms. The summed E-state index contributed by atoms with van der Waals surface area (Å²) in [6, 6.07) is 12.3. The first-order valence-corrected chi connectivity index (χ1v) is 8.95. The highest BCUT2D eigenvalue weighted by Gasteiger charge is 2.31. The van der Waals surface area contributed by atoms with Crippen LogP contribution in [0, 0.1) is 6.92 Å². The van der Waals surface area contributed by atoms with Crippen LogP contribution in [0.5, 0.6) is 0 Å². The van der Waals surface area contributed by atoms with Crippen molar-refractivity contribution in [3.05, 3.63) is 95.6 Å². The summed E-state index contributed by atoms with van der Waals surface area (Å²) in [5, 5.41) is 6.98. The maximum atomic E-state index is 13.0. The Hall–Kier alpha value is -3.75. The molecule has 0 aliphatic carbocycles. The minimum atomic E-state index is -4.48. The van der Waals surface area contributed by atoms with Gasteiger partial charge in [-0.2, -0.15) is 18.3 Å². The first-order valence-electron chi connectivity index (χ1n) is 8.95. The van der Waals surface area contributed by atoms with E-state index >= 15 is 0 Å². The molecule has 0 aliphatic rings. The van der Waals surface area contributed by atoms with E-state index in [0.29, 0.717) is 17.2 Å². The number of halogens is 3. The van der Waals surface area contributed by atoms with E-state index in [-0.39, 0.29) is 11.4 Å². The molecule has 0 saturated heterocycles. The van der Waals surface area contributed by atoms with Crippen LogP contribution in [0.3, 0.4) is 0 Å². The summed E-state index contributed by atoms with van der Waals surface area (Å²) >= 11 is 0. The number of benzene rings is 1. The Morgan fingerprint density at radius 2 is 1.70 bits per heavy atom. The van der Waals surface area contributed by atoms with Crippen molar-refractivity contribution in [2.45, 2.75) is 19.1 Å². The third-order valence-corrected chi connectivity index (χ3v) is 4.47. The van der Waals surface area contributed by atoms with Crippen molar-refractivity contribution in [3.63, 3.8) is 0 Å². The van der Waals surface area contributed by atoms with Crippen LogP contribution in [-0.2, 0) is 6.18 Å². The molecule has 0 aliphatic heterocycles. The Bertz CT molecular complexity index is 1110. The molecule has 0 saturated carbocycles. The summed E-state index contributed by atoms with van der Waals surface area (Å²) in [4.78, 5) is 12.8. The Morgan fingerprint density at radius 1 is 1.03 bits per heavy atom. The second-order valence-corrected chi connectivity index (χ2v) is 6.57. The molecule has 1 amide bonds. The van der Waals surface area contributed by atoms with Gasteiger partial charge < -0.3 is 14.2 Å². The second-order valence-electron chi connectivity index (χ2n) is 6.57. The van der Waals surface area contributed by atoms with Crippen molar-refractivity contribution in [1.29, 1.82) is 0 Å². The topological polar surface area (TPSA) is 73.2 Å². The highest BCUT2D eigenvalue weighted by molar-refractivity contribution is 5.92. The Balaban J connectivity index is 1.62. The van der Waals surface area contributed by atoms with Gasteiger partial charge in [0.15, 0.2) is 5.69 Å². The van der Waals surface area contributed by atoms with Gasteiger partial charge in [-0.3, -0.25) is 4.79 Å². The summed E-state index contributed by atoms with van der Waals surface area (Å²) in [5.74, 6) is 0.404. The largest absolute Gasteiger partial charge is 0.467 e. The van der Waals surface area contributed by atoms with Gasteiger partial charge in [0, 0.05) is 5.69 Å². The lowest BCUT2D eigenvalue weighted by Gasteiger charge is -2.13. The fourth-order valence-electron chi connectivity index (χ4n) is 3.06. The van der Waals surface area contributed by atoms with Crippen LogP contribution in [0.2, 0.25) is 0 Å². The second kappa shape index (κ2) is 7.58. The number of hydrogen-bond donors (Lipinski definition) is 1. The van der Waals surface area contributed by atoms with E-state index in [1.165, 1.54) is 35.4 Å². The monoisotopic (exact) mass is 415 g/mol. The predicted molar refractivity (Wildman–Crippen MR) is 100 cm³/mol. The highest BCUT2D eigenvalue weighted by Crippen LogP contribution is 2.30. The quantitative estimate of drug-likeness (QED) is 0.503. The average Bonchev–Trinajstić information content (AvgIpc) is 3.47. The molecule has 4 rings (SSSR count). The summed E-state index contributed by atoms with van der Waals surface area (Å²) in [5.41, 5.74) is -0.0355. The number of rotatable bonds is 5. The van der Waals surface area contributed by atoms with Crippen molar-refractivity contribution in [2.75, 3.05) is 0 Å². The third kappa shape index (κ3) is 3.86. The van der Waals surface area contributed by atoms with E-state index in [4.69, 9.17) is 8.83 Å². The molecule has 4 aromatic rings. The van der Waals surface area contributed by atoms with Gasteiger partial charge in [0.2, 0.25) is 0 Å². The van der Waals surface area contributed by atoms with Gasteiger partial charge in [-0.15, -0.1) is 0 Å². The number of carbonyl (C=O) groups is 1. The SMILES string of the molecule is Cc1cc(C(=O)NC(c2ccco2)c2ccco2)nn1-c1cccc(C(F)(F)F)c1. The van der Waals surface area contributed by atoms with Crippen molar-refractivity contribution in [2.24, 2.45) is 0 Å². The number of nitrogens with one attached hydrogen (secondary N) is 1. The lowest BCUT2D eigenvalue weighted by molar-refractivity contribution is -0.137. The summed E-state index contributed by atoms with van der Waals surface area (Å²) < 4.78 is 51.1. The van der Waals surface area contributed by atoms with Gasteiger partial charge in [0.1, 0.15) is 17.6 Å². The van der Waals surface area contributed by atoms with E-state index in [0.717, 1.165) is 12.1 Å². The number of hydrogen-bond acceptors (Lipinski definition) is 4. The zero-order chi connectivity index (χ0) is 21.3. The van der Waals surface area contributed by atoms with E-state index in [9.17, 15) is 18.0 Å². The van der Waals surface area contributed by atoms with Gasteiger partial charge in [0.25, 0.3) is 5.91 Å². The first-order chi connectivity index (χ1) is 14.3. The number of alkyl halides is 3. The maximum Gasteiger partial charge on any atom is 0.416 e. The van der Waals surface area contributed by atoms with Crippen LogP contribution in [0.15, 0.2) is 76.0 Å². The molecule has 154 valence electrons. The van der Waals surface area contributed by atoms with Crippen LogP contribution in [-0.4, -0.2) is 15.7 Å². The summed E-state index contributed by atoms with van der Waals surface area (Å²) in [7, 11) is 0. The van der Waals surface area contributed by atoms with Gasteiger partial charge in [0.05, 0.1) is 23.8 Å². The molecule has 3 aromatic heterocycles. The lowest BCUT2D eigenvalue weighted by Crippen LogP contribution is -2.29. The van der Waals surface area contributed by atoms with Crippen molar-refractivity contribution in [1.82, 2.24) is 15.1 Å². The average molecular weight is 415 g/mol. The molecule has 0 fully saturated rings. The van der Waals surface area contributed by atoms with Gasteiger partial charge in [-0.05, 0) is 55.5 Å². The van der Waals surface area contributed by atoms with Crippen molar-refractivity contribution >= 4 is 5.91 Å². The zero-order valence-corrected chi connectivity index (χ0v) is 15.7. The maximum absolute atomic E-state index is 13.0. The highest BCUT2D eigenvalue weighted by atomic mass is 19.4. The summed E-state index contributed by atoms with van der Waals surface area (Å²) in [6.07, 6.45) is -1.52. The Morgan fingerprint density at radius 3 is 2.27 bits per heavy atom.